The van der Waals surface area contributed by atoms with Crippen molar-refractivity contribution in [3.8, 4) is 0 Å². The zero-order valence-corrected chi connectivity index (χ0v) is 11.7. The molecule has 0 radical (unpaired) electrons. The van der Waals surface area contributed by atoms with Gasteiger partial charge in [0.25, 0.3) is 0 Å². The molecule has 2 N–H and O–H groups in total. The van der Waals surface area contributed by atoms with E-state index in [-0.39, 0.29) is 23.6 Å². The molecule has 0 atom stereocenters. The summed E-state index contributed by atoms with van der Waals surface area (Å²) in [5.41, 5.74) is -0.448. The van der Waals surface area contributed by atoms with E-state index in [9.17, 15) is 9.59 Å². The molecule has 0 unspecified atom stereocenters. The number of hydrogen-bond donors (Lipinski definition) is 2. The number of methoxy groups -OCH3 is 1. The van der Waals surface area contributed by atoms with Crippen LogP contribution in [0.4, 0.5) is 5.69 Å². The molecule has 0 saturated heterocycles. The summed E-state index contributed by atoms with van der Waals surface area (Å²) in [5, 5.41) is 11.9. The minimum absolute atomic E-state index is 0.00651. The van der Waals surface area contributed by atoms with Crippen LogP contribution in [0.2, 0.25) is 5.02 Å². The molecule has 0 aromatic heterocycles. The van der Waals surface area contributed by atoms with E-state index in [4.69, 9.17) is 21.4 Å². The predicted octanol–water partition coefficient (Wildman–Crippen LogP) is 2.79. The highest BCUT2D eigenvalue weighted by Gasteiger charge is 2.22. The fourth-order valence-corrected chi connectivity index (χ4v) is 1.63. The van der Waals surface area contributed by atoms with Gasteiger partial charge in [0.2, 0.25) is 5.91 Å². The molecule has 0 spiro atoms. The Labute approximate surface area is 116 Å². The number of carbonyl (C=O) groups excluding carboxylic acids is 1. The van der Waals surface area contributed by atoms with Crippen LogP contribution in [0.15, 0.2) is 18.2 Å². The average molecular weight is 286 g/mol. The minimum atomic E-state index is -1.13. The Morgan fingerprint density at radius 3 is 2.58 bits per heavy atom. The Bertz CT molecular complexity index is 499. The van der Waals surface area contributed by atoms with Gasteiger partial charge >= 0.3 is 5.97 Å². The summed E-state index contributed by atoms with van der Waals surface area (Å²) in [7, 11) is 1.51. The second-order valence-electron chi connectivity index (χ2n) is 4.68. The van der Waals surface area contributed by atoms with Crippen LogP contribution in [0.1, 0.15) is 30.6 Å². The third-order valence-electron chi connectivity index (χ3n) is 2.62. The second kappa shape index (κ2) is 6.04. The van der Waals surface area contributed by atoms with Crippen LogP contribution in [0, 0.1) is 0 Å². The van der Waals surface area contributed by atoms with Gasteiger partial charge in [-0.1, -0.05) is 11.6 Å². The summed E-state index contributed by atoms with van der Waals surface area (Å²) in [6.07, 6.45) is 0.106. The van der Waals surface area contributed by atoms with Gasteiger partial charge in [0.05, 0.1) is 23.3 Å². The van der Waals surface area contributed by atoms with Crippen LogP contribution in [0.25, 0.3) is 0 Å². The average Bonchev–Trinajstić information content (AvgIpc) is 2.27. The number of anilines is 1. The molecule has 1 aromatic carbocycles. The van der Waals surface area contributed by atoms with Crippen molar-refractivity contribution in [2.45, 2.75) is 25.9 Å². The Hall–Kier alpha value is -1.59. The molecular formula is C13H16ClNO4. The number of carboxylic acids is 1. The van der Waals surface area contributed by atoms with Gasteiger partial charge in [-0.2, -0.15) is 0 Å². The molecule has 0 heterocycles. The lowest BCUT2D eigenvalue weighted by Crippen LogP contribution is -2.29. The zero-order valence-electron chi connectivity index (χ0n) is 11.0. The van der Waals surface area contributed by atoms with Gasteiger partial charge in [-0.15, -0.1) is 0 Å². The maximum Gasteiger partial charge on any atom is 0.337 e. The number of hydrogen-bond acceptors (Lipinski definition) is 3. The van der Waals surface area contributed by atoms with Crippen molar-refractivity contribution in [2.24, 2.45) is 0 Å². The molecule has 1 rings (SSSR count). The number of ether oxygens (including phenoxy) is 1. The topological polar surface area (TPSA) is 75.6 Å². The lowest BCUT2D eigenvalue weighted by atomic mass is 10.0. The van der Waals surface area contributed by atoms with Gasteiger partial charge in [-0.3, -0.25) is 4.79 Å². The van der Waals surface area contributed by atoms with Crippen LogP contribution < -0.4 is 5.32 Å². The lowest BCUT2D eigenvalue weighted by molar-refractivity contribution is -0.121. The number of nitrogens with one attached hydrogen (secondary N) is 1. The van der Waals surface area contributed by atoms with Crippen molar-refractivity contribution >= 4 is 29.2 Å². The molecule has 0 saturated carbocycles. The fourth-order valence-electron chi connectivity index (χ4n) is 1.46. The molecule has 0 fully saturated rings. The van der Waals surface area contributed by atoms with Crippen LogP contribution in [0.3, 0.4) is 0 Å². The lowest BCUT2D eigenvalue weighted by Gasteiger charge is -2.22. The quantitative estimate of drug-likeness (QED) is 0.872. The standard InChI is InChI=1S/C13H16ClNO4/c1-13(2,19-3)7-11(16)15-10-6-8(14)4-5-9(10)12(17)18/h4-6H,7H2,1-3H3,(H,15,16)(H,17,18). The molecule has 1 amide bonds. The molecule has 19 heavy (non-hydrogen) atoms. The van der Waals surface area contributed by atoms with Crippen LogP contribution in [-0.4, -0.2) is 29.7 Å². The summed E-state index contributed by atoms with van der Waals surface area (Å²) in [6, 6.07) is 4.21. The van der Waals surface area contributed by atoms with Crippen molar-refractivity contribution in [2.75, 3.05) is 12.4 Å². The van der Waals surface area contributed by atoms with Gasteiger partial charge in [0.15, 0.2) is 0 Å². The van der Waals surface area contributed by atoms with E-state index >= 15 is 0 Å². The highest BCUT2D eigenvalue weighted by molar-refractivity contribution is 6.31. The normalized spacial score (nSPS) is 11.2. The van der Waals surface area contributed by atoms with E-state index in [1.54, 1.807) is 13.8 Å². The SMILES string of the molecule is COC(C)(C)CC(=O)Nc1cc(Cl)ccc1C(=O)O. The monoisotopic (exact) mass is 285 g/mol. The van der Waals surface area contributed by atoms with Crippen molar-refractivity contribution in [3.63, 3.8) is 0 Å². The largest absolute Gasteiger partial charge is 0.478 e. The van der Waals surface area contributed by atoms with Crippen LogP contribution in [0.5, 0.6) is 0 Å². The highest BCUT2D eigenvalue weighted by Crippen LogP contribution is 2.22. The third kappa shape index (κ3) is 4.54. The Balaban J connectivity index is 2.90. The zero-order chi connectivity index (χ0) is 14.6. The maximum atomic E-state index is 11.8. The van der Waals surface area contributed by atoms with E-state index in [0.717, 1.165) is 0 Å². The summed E-state index contributed by atoms with van der Waals surface area (Å²) in [6.45, 7) is 3.53. The molecule has 104 valence electrons. The molecule has 5 nitrogen and oxygen atoms in total. The highest BCUT2D eigenvalue weighted by atomic mass is 35.5. The van der Waals surface area contributed by atoms with E-state index in [1.165, 1.54) is 25.3 Å². The predicted molar refractivity (Wildman–Crippen MR) is 72.7 cm³/mol. The molecule has 6 heteroatoms. The number of aromatic carboxylic acids is 1. The van der Waals surface area contributed by atoms with Crippen molar-refractivity contribution in [1.29, 1.82) is 0 Å². The van der Waals surface area contributed by atoms with Gasteiger partial charge in [-0.25, -0.2) is 4.79 Å². The fraction of sp³-hybridized carbons (Fsp3) is 0.385. The smallest absolute Gasteiger partial charge is 0.337 e. The summed E-state index contributed by atoms with van der Waals surface area (Å²) < 4.78 is 5.14. The van der Waals surface area contributed by atoms with E-state index < -0.39 is 11.6 Å². The molecule has 0 aliphatic heterocycles. The number of amides is 1. The second-order valence-corrected chi connectivity index (χ2v) is 5.12. The van der Waals surface area contributed by atoms with E-state index in [0.29, 0.717) is 5.02 Å². The minimum Gasteiger partial charge on any atom is -0.478 e. The molecule has 0 aliphatic carbocycles. The number of carboxylic acid groups (broad SMARTS) is 1. The summed E-state index contributed by atoms with van der Waals surface area (Å²) in [5.74, 6) is -1.46. The van der Waals surface area contributed by atoms with Gasteiger partial charge in [0, 0.05) is 12.1 Å². The molecule has 1 aromatic rings. The molecule has 0 bridgehead atoms. The van der Waals surface area contributed by atoms with Gasteiger partial charge < -0.3 is 15.2 Å². The Morgan fingerprint density at radius 1 is 1.42 bits per heavy atom. The Morgan fingerprint density at radius 2 is 2.05 bits per heavy atom. The number of halogens is 1. The first-order chi connectivity index (χ1) is 8.75. The van der Waals surface area contributed by atoms with Crippen LogP contribution >= 0.6 is 11.6 Å². The first kappa shape index (κ1) is 15.5. The number of carbonyl (C=O) groups is 2. The third-order valence-corrected chi connectivity index (χ3v) is 2.86. The summed E-state index contributed by atoms with van der Waals surface area (Å²) >= 11 is 5.80. The molecular weight excluding hydrogens is 270 g/mol. The van der Waals surface area contributed by atoms with Gasteiger partial charge in [-0.05, 0) is 32.0 Å². The van der Waals surface area contributed by atoms with Crippen LogP contribution in [-0.2, 0) is 9.53 Å². The Kier molecular flexibility index (Phi) is 4.91. The first-order valence-electron chi connectivity index (χ1n) is 5.63. The van der Waals surface area contributed by atoms with Crippen molar-refractivity contribution in [3.05, 3.63) is 28.8 Å². The molecule has 0 aliphatic rings. The van der Waals surface area contributed by atoms with Crippen molar-refractivity contribution < 1.29 is 19.4 Å². The maximum absolute atomic E-state index is 11.8. The van der Waals surface area contributed by atoms with Crippen molar-refractivity contribution in [1.82, 2.24) is 0 Å². The van der Waals surface area contributed by atoms with Gasteiger partial charge in [0.1, 0.15) is 0 Å². The van der Waals surface area contributed by atoms with E-state index in [1.807, 2.05) is 0 Å². The first-order valence-corrected chi connectivity index (χ1v) is 6.01. The van der Waals surface area contributed by atoms with E-state index in [2.05, 4.69) is 5.32 Å². The summed E-state index contributed by atoms with van der Waals surface area (Å²) in [4.78, 5) is 22.9. The number of rotatable bonds is 5. The number of benzene rings is 1.